The van der Waals surface area contributed by atoms with Crippen LogP contribution in [0, 0.1) is 0 Å². The van der Waals surface area contributed by atoms with Crippen LogP contribution in [0.1, 0.15) is 20.3 Å². The van der Waals surface area contributed by atoms with E-state index in [1.54, 1.807) is 0 Å². The number of hydrogen-bond donors (Lipinski definition) is 0. The average molecular weight is 400 g/mol. The van der Waals surface area contributed by atoms with Crippen LogP contribution in [0.4, 0.5) is 0 Å². The van der Waals surface area contributed by atoms with Crippen LogP contribution in [0.15, 0.2) is 30.3 Å². The molecule has 0 saturated carbocycles. The van der Waals surface area contributed by atoms with Crippen LogP contribution in [0.25, 0.3) is 0 Å². The van der Waals surface area contributed by atoms with Gasteiger partial charge in [0.25, 0.3) is 0 Å². The van der Waals surface area contributed by atoms with Crippen molar-refractivity contribution in [1.29, 1.82) is 0 Å². The Morgan fingerprint density at radius 2 is 1.92 bits per heavy atom. The molecule has 26 heavy (non-hydrogen) atoms. The monoisotopic (exact) mass is 399 g/mol. The molecule has 0 saturated heterocycles. The maximum Gasteiger partial charge on any atom is 0.226 e. The minimum absolute atomic E-state index is 0.0911. The van der Waals surface area contributed by atoms with Crippen molar-refractivity contribution in [2.24, 2.45) is 0 Å². The van der Waals surface area contributed by atoms with Gasteiger partial charge in [0.2, 0.25) is 5.12 Å². The fourth-order valence-electron chi connectivity index (χ4n) is 2.28. The molecular weight excluding hydrogens is 366 g/mol. The van der Waals surface area contributed by atoms with Gasteiger partial charge < -0.3 is 19.1 Å². The molecule has 1 aromatic rings. The Labute approximate surface area is 164 Å². The summed E-state index contributed by atoms with van der Waals surface area (Å²) < 4.78 is 16.5. The van der Waals surface area contributed by atoms with Crippen LogP contribution < -0.4 is 4.74 Å². The number of benzene rings is 1. The number of likely N-dealkylation sites (N-methyl/N-ethyl adjacent to an activating group) is 1. The lowest BCUT2D eigenvalue weighted by Crippen LogP contribution is -2.27. The molecule has 0 aliphatic carbocycles. The molecule has 148 valence electrons. The van der Waals surface area contributed by atoms with Crippen molar-refractivity contribution in [3.8, 4) is 5.75 Å². The van der Waals surface area contributed by atoms with E-state index in [2.05, 4.69) is 18.7 Å². The number of carbonyl (C=O) groups is 1. The van der Waals surface area contributed by atoms with Gasteiger partial charge in [0.15, 0.2) is 6.61 Å². The summed E-state index contributed by atoms with van der Waals surface area (Å²) in [5.74, 6) is 1.61. The Hall–Kier alpha value is -0.863. The summed E-state index contributed by atoms with van der Waals surface area (Å²) in [6, 6.07) is 10.6. The minimum atomic E-state index is -0.214. The fraction of sp³-hybridized carbons (Fsp3) is 0.632. The topological polar surface area (TPSA) is 48.0 Å². The lowest BCUT2D eigenvalue weighted by Gasteiger charge is -2.17. The number of thioether (sulfide) groups is 1. The van der Waals surface area contributed by atoms with Crippen molar-refractivity contribution in [2.45, 2.75) is 26.3 Å². The van der Waals surface area contributed by atoms with Crippen molar-refractivity contribution in [1.82, 2.24) is 4.90 Å². The normalized spacial score (nSPS) is 11.5. The number of ether oxygens (including phenoxy) is 3. The highest BCUT2D eigenvalue weighted by Gasteiger charge is 2.04. The molecule has 0 aromatic heterocycles. The van der Waals surface area contributed by atoms with Crippen molar-refractivity contribution in [3.05, 3.63) is 30.3 Å². The molecule has 0 radical (unpaired) electrons. The van der Waals surface area contributed by atoms with E-state index < -0.39 is 0 Å². The lowest BCUT2D eigenvalue weighted by atomic mass is 10.3. The van der Waals surface area contributed by atoms with Gasteiger partial charge in [-0.2, -0.15) is 0 Å². The molecule has 5 nitrogen and oxygen atoms in total. The zero-order valence-corrected chi connectivity index (χ0v) is 18.4. The molecule has 0 N–H and O–H groups in total. The van der Waals surface area contributed by atoms with Gasteiger partial charge in [0, 0.05) is 18.5 Å². The summed E-state index contributed by atoms with van der Waals surface area (Å²) in [5.41, 5.74) is 0. The van der Waals surface area contributed by atoms with E-state index in [-0.39, 0.29) is 21.2 Å². The standard InChI is InChI=1S/C19H33NO4SSi/c1-3-20(4-2)11-12-22-16-23-17-26-14-8-13-25-19(21)15-24-18-9-6-5-7-10-18/h5-7,9-10H,3-4,8,11-17,26H2,1-2H3. The second kappa shape index (κ2) is 16.3. The summed E-state index contributed by atoms with van der Waals surface area (Å²) in [6.45, 7) is 8.68. The molecule has 0 unspecified atom stereocenters. The highest BCUT2D eigenvalue weighted by Crippen LogP contribution is 2.11. The Morgan fingerprint density at radius 3 is 2.65 bits per heavy atom. The van der Waals surface area contributed by atoms with Crippen LogP contribution in [-0.4, -0.2) is 71.2 Å². The Balaban J connectivity index is 1.83. The van der Waals surface area contributed by atoms with Crippen LogP contribution in [-0.2, 0) is 14.3 Å². The van der Waals surface area contributed by atoms with Crippen molar-refractivity contribution in [2.75, 3.05) is 51.6 Å². The molecule has 0 bridgehead atoms. The van der Waals surface area contributed by atoms with Crippen LogP contribution in [0.2, 0.25) is 6.04 Å². The third kappa shape index (κ3) is 12.5. The number of carbonyl (C=O) groups excluding carboxylic acids is 1. The molecule has 0 amide bonds. The second-order valence-electron chi connectivity index (χ2n) is 5.84. The van der Waals surface area contributed by atoms with Crippen molar-refractivity contribution < 1.29 is 19.0 Å². The summed E-state index contributed by atoms with van der Waals surface area (Å²) >= 11 is 1.37. The smallest absolute Gasteiger partial charge is 0.226 e. The van der Waals surface area contributed by atoms with E-state index in [4.69, 9.17) is 14.2 Å². The molecule has 7 heteroatoms. The number of nitrogens with zero attached hydrogens (tertiary/aromatic N) is 1. The highest BCUT2D eigenvalue weighted by atomic mass is 32.2. The third-order valence-corrected chi connectivity index (χ3v) is 6.42. The first-order chi connectivity index (χ1) is 12.8. The van der Waals surface area contributed by atoms with E-state index in [9.17, 15) is 4.79 Å². The molecule has 0 atom stereocenters. The minimum Gasteiger partial charge on any atom is -0.485 e. The average Bonchev–Trinajstić information content (AvgIpc) is 2.68. The predicted octanol–water partition coefficient (Wildman–Crippen LogP) is 2.59. The Bertz CT molecular complexity index is 460. The quantitative estimate of drug-likeness (QED) is 0.242. The van der Waals surface area contributed by atoms with Crippen LogP contribution >= 0.6 is 11.8 Å². The Morgan fingerprint density at radius 1 is 1.15 bits per heavy atom. The zero-order chi connectivity index (χ0) is 18.9. The lowest BCUT2D eigenvalue weighted by molar-refractivity contribution is -0.112. The van der Waals surface area contributed by atoms with E-state index >= 15 is 0 Å². The van der Waals surface area contributed by atoms with E-state index in [0.717, 1.165) is 50.4 Å². The number of rotatable bonds is 16. The highest BCUT2D eigenvalue weighted by molar-refractivity contribution is 8.13. The molecule has 0 aliphatic rings. The van der Waals surface area contributed by atoms with Gasteiger partial charge in [-0.25, -0.2) is 0 Å². The van der Waals surface area contributed by atoms with E-state index in [0.29, 0.717) is 6.79 Å². The number of para-hydroxylation sites is 1. The SMILES string of the molecule is CCN(CC)CCOCOC[SiH2]CCCSC(=O)COc1ccccc1. The fourth-order valence-corrected chi connectivity index (χ4v) is 4.49. The largest absolute Gasteiger partial charge is 0.485 e. The van der Waals surface area contributed by atoms with Gasteiger partial charge in [-0.05, 0) is 31.6 Å². The van der Waals surface area contributed by atoms with Gasteiger partial charge in [-0.15, -0.1) is 0 Å². The van der Waals surface area contributed by atoms with E-state index in [1.165, 1.54) is 17.8 Å². The zero-order valence-electron chi connectivity index (χ0n) is 16.2. The molecule has 1 aromatic carbocycles. The van der Waals surface area contributed by atoms with Gasteiger partial charge >= 0.3 is 0 Å². The first-order valence-electron chi connectivity index (χ1n) is 9.47. The van der Waals surface area contributed by atoms with Gasteiger partial charge in [0.1, 0.15) is 12.5 Å². The second-order valence-corrected chi connectivity index (χ2v) is 8.82. The molecule has 0 spiro atoms. The van der Waals surface area contributed by atoms with Crippen molar-refractivity contribution >= 4 is 26.4 Å². The van der Waals surface area contributed by atoms with Crippen LogP contribution in [0.3, 0.4) is 0 Å². The summed E-state index contributed by atoms with van der Waals surface area (Å²) in [6.07, 6.45) is 1.92. The van der Waals surface area contributed by atoms with E-state index in [1.807, 2.05) is 30.3 Å². The first-order valence-corrected chi connectivity index (χ1v) is 12.5. The van der Waals surface area contributed by atoms with Crippen molar-refractivity contribution in [3.63, 3.8) is 0 Å². The molecule has 0 fully saturated rings. The predicted molar refractivity (Wildman–Crippen MR) is 112 cm³/mol. The van der Waals surface area contributed by atoms with Gasteiger partial charge in [-0.3, -0.25) is 4.79 Å². The van der Waals surface area contributed by atoms with Gasteiger partial charge in [-0.1, -0.05) is 49.9 Å². The molecular formula is C19H33NO4SSi. The molecule has 0 heterocycles. The summed E-state index contributed by atoms with van der Waals surface area (Å²) in [5, 5.41) is 0.0911. The Kier molecular flexibility index (Phi) is 14.5. The maximum atomic E-state index is 11.7. The maximum absolute atomic E-state index is 11.7. The molecule has 0 aliphatic heterocycles. The molecule has 1 rings (SSSR count). The van der Waals surface area contributed by atoms with Gasteiger partial charge in [0.05, 0.1) is 16.1 Å². The number of hydrogen-bond acceptors (Lipinski definition) is 6. The summed E-state index contributed by atoms with van der Waals surface area (Å²) in [4.78, 5) is 14.1. The summed E-state index contributed by atoms with van der Waals surface area (Å²) in [7, 11) is -0.214. The first kappa shape index (κ1) is 23.2. The van der Waals surface area contributed by atoms with Crippen LogP contribution in [0.5, 0.6) is 5.75 Å². The third-order valence-electron chi connectivity index (χ3n) is 3.91.